The Labute approximate surface area is 91.5 Å². The maximum atomic E-state index is 10.9. The highest BCUT2D eigenvalue weighted by Gasteiger charge is 2.14. The van der Waals surface area contributed by atoms with Crippen molar-refractivity contribution in [3.05, 3.63) is 35.4 Å². The first-order valence-electron chi connectivity index (χ1n) is 5.93. The average molecular weight is 202 g/mol. The topological polar surface area (TPSA) is 17.1 Å². The Morgan fingerprint density at radius 3 is 2.60 bits per heavy atom. The molecule has 1 nitrogen and oxygen atoms in total. The van der Waals surface area contributed by atoms with E-state index in [1.54, 1.807) is 0 Å². The zero-order valence-electron chi connectivity index (χ0n) is 9.11. The van der Waals surface area contributed by atoms with E-state index in [0.29, 0.717) is 0 Å². The van der Waals surface area contributed by atoms with Gasteiger partial charge in [-0.2, -0.15) is 0 Å². The molecule has 0 saturated heterocycles. The van der Waals surface area contributed by atoms with Crippen molar-refractivity contribution in [2.45, 2.75) is 38.5 Å². The van der Waals surface area contributed by atoms with Crippen LogP contribution in [0.2, 0.25) is 0 Å². The molecule has 1 aromatic carbocycles. The average Bonchev–Trinajstić information content (AvgIpc) is 2.31. The van der Waals surface area contributed by atoms with Crippen LogP contribution in [0.5, 0.6) is 0 Å². The van der Waals surface area contributed by atoms with Crippen molar-refractivity contribution in [2.75, 3.05) is 0 Å². The van der Waals surface area contributed by atoms with Gasteiger partial charge in [-0.15, -0.1) is 0 Å². The minimum Gasteiger partial charge on any atom is -0.298 e. The van der Waals surface area contributed by atoms with E-state index in [1.165, 1.54) is 37.7 Å². The van der Waals surface area contributed by atoms with Gasteiger partial charge >= 0.3 is 0 Å². The molecule has 0 radical (unpaired) electrons. The van der Waals surface area contributed by atoms with Crippen molar-refractivity contribution >= 4 is 6.29 Å². The molecule has 0 heterocycles. The Bertz CT molecular complexity index is 324. The largest absolute Gasteiger partial charge is 0.298 e. The molecular formula is C14H18O. The quantitative estimate of drug-likeness (QED) is 0.684. The molecule has 1 aromatic rings. The summed E-state index contributed by atoms with van der Waals surface area (Å²) in [6.07, 6.45) is 8.89. The van der Waals surface area contributed by atoms with Gasteiger partial charge in [0.1, 0.15) is 6.29 Å². The van der Waals surface area contributed by atoms with Crippen LogP contribution >= 0.6 is 0 Å². The number of rotatable bonds is 3. The molecule has 2 rings (SSSR count). The van der Waals surface area contributed by atoms with Gasteiger partial charge < -0.3 is 0 Å². The van der Waals surface area contributed by atoms with Crippen molar-refractivity contribution in [1.82, 2.24) is 0 Å². The van der Waals surface area contributed by atoms with Crippen molar-refractivity contribution in [3.63, 3.8) is 0 Å². The Morgan fingerprint density at radius 1 is 1.13 bits per heavy atom. The van der Waals surface area contributed by atoms with Gasteiger partial charge in [-0.3, -0.25) is 4.79 Å². The summed E-state index contributed by atoms with van der Waals surface area (Å²) in [5.41, 5.74) is 2.11. The van der Waals surface area contributed by atoms with Crippen molar-refractivity contribution < 1.29 is 4.79 Å². The van der Waals surface area contributed by atoms with Gasteiger partial charge in [0.15, 0.2) is 0 Å². The molecule has 0 aliphatic heterocycles. The van der Waals surface area contributed by atoms with Crippen LogP contribution in [-0.4, -0.2) is 6.29 Å². The lowest BCUT2D eigenvalue weighted by molar-refractivity contribution is 0.112. The molecule has 1 saturated carbocycles. The summed E-state index contributed by atoms with van der Waals surface area (Å²) in [6, 6.07) is 7.99. The summed E-state index contributed by atoms with van der Waals surface area (Å²) >= 11 is 0. The number of aldehydes is 1. The fourth-order valence-electron chi connectivity index (χ4n) is 2.54. The molecule has 0 amide bonds. The predicted octanol–water partition coefficient (Wildman–Crippen LogP) is 3.62. The summed E-state index contributed by atoms with van der Waals surface area (Å²) in [6.45, 7) is 0. The number of hydrogen-bond donors (Lipinski definition) is 0. The second-order valence-corrected chi connectivity index (χ2v) is 4.52. The van der Waals surface area contributed by atoms with Crippen LogP contribution in [0.25, 0.3) is 0 Å². The number of benzene rings is 1. The highest BCUT2D eigenvalue weighted by atomic mass is 16.1. The standard InChI is InChI=1S/C14H18O/c15-11-14-9-5-4-8-13(14)10-12-6-2-1-3-7-12/h4-5,8-9,11-12H,1-3,6-7,10H2. The second-order valence-electron chi connectivity index (χ2n) is 4.52. The highest BCUT2D eigenvalue weighted by molar-refractivity contribution is 5.77. The Morgan fingerprint density at radius 2 is 1.87 bits per heavy atom. The summed E-state index contributed by atoms with van der Waals surface area (Å²) in [4.78, 5) is 10.9. The van der Waals surface area contributed by atoms with Crippen LogP contribution in [-0.2, 0) is 6.42 Å². The Balaban J connectivity index is 2.05. The SMILES string of the molecule is O=Cc1ccccc1CC1CCCCC1. The van der Waals surface area contributed by atoms with Crippen LogP contribution < -0.4 is 0 Å². The van der Waals surface area contributed by atoms with Gasteiger partial charge in [0.25, 0.3) is 0 Å². The fraction of sp³-hybridized carbons (Fsp3) is 0.500. The first-order chi connectivity index (χ1) is 7.40. The zero-order chi connectivity index (χ0) is 10.5. The first-order valence-corrected chi connectivity index (χ1v) is 5.93. The molecule has 80 valence electrons. The van der Waals surface area contributed by atoms with Gasteiger partial charge in [0.05, 0.1) is 0 Å². The Hall–Kier alpha value is -1.11. The van der Waals surface area contributed by atoms with Crippen LogP contribution in [0.4, 0.5) is 0 Å². The summed E-state index contributed by atoms with van der Waals surface area (Å²) < 4.78 is 0. The third kappa shape index (κ3) is 2.68. The lowest BCUT2D eigenvalue weighted by Crippen LogP contribution is -2.10. The van der Waals surface area contributed by atoms with Crippen LogP contribution in [0.3, 0.4) is 0 Å². The molecule has 1 aliphatic carbocycles. The van der Waals surface area contributed by atoms with Crippen LogP contribution in [0.15, 0.2) is 24.3 Å². The molecule has 1 aliphatic rings. The third-order valence-electron chi connectivity index (χ3n) is 3.42. The van der Waals surface area contributed by atoms with E-state index in [4.69, 9.17) is 0 Å². The summed E-state index contributed by atoms with van der Waals surface area (Å²) in [5, 5.41) is 0. The molecule has 0 N–H and O–H groups in total. The smallest absolute Gasteiger partial charge is 0.150 e. The molecule has 0 unspecified atom stereocenters. The lowest BCUT2D eigenvalue weighted by atomic mass is 9.84. The highest BCUT2D eigenvalue weighted by Crippen LogP contribution is 2.27. The molecule has 0 bridgehead atoms. The molecule has 15 heavy (non-hydrogen) atoms. The summed E-state index contributed by atoms with van der Waals surface area (Å²) in [7, 11) is 0. The summed E-state index contributed by atoms with van der Waals surface area (Å²) in [5.74, 6) is 0.805. The molecular weight excluding hydrogens is 184 g/mol. The fourth-order valence-corrected chi connectivity index (χ4v) is 2.54. The van der Waals surface area contributed by atoms with Crippen LogP contribution in [0, 0.1) is 5.92 Å². The minimum absolute atomic E-state index is 0.805. The van der Waals surface area contributed by atoms with Gasteiger partial charge in [-0.25, -0.2) is 0 Å². The maximum Gasteiger partial charge on any atom is 0.150 e. The second kappa shape index (κ2) is 5.11. The molecule has 0 spiro atoms. The monoisotopic (exact) mass is 202 g/mol. The first kappa shape index (κ1) is 10.4. The predicted molar refractivity (Wildman–Crippen MR) is 62.1 cm³/mol. The maximum absolute atomic E-state index is 10.9. The van der Waals surface area contributed by atoms with Crippen molar-refractivity contribution in [2.24, 2.45) is 5.92 Å². The number of carbonyl (C=O) groups excluding carboxylic acids is 1. The van der Waals surface area contributed by atoms with E-state index in [9.17, 15) is 4.79 Å². The number of hydrogen-bond acceptors (Lipinski definition) is 1. The van der Waals surface area contributed by atoms with E-state index in [2.05, 4.69) is 6.07 Å². The van der Waals surface area contributed by atoms with Gasteiger partial charge in [-0.05, 0) is 17.9 Å². The molecule has 0 aromatic heterocycles. The zero-order valence-corrected chi connectivity index (χ0v) is 9.11. The van der Waals surface area contributed by atoms with E-state index >= 15 is 0 Å². The van der Waals surface area contributed by atoms with E-state index < -0.39 is 0 Å². The van der Waals surface area contributed by atoms with Crippen LogP contribution in [0.1, 0.15) is 48.0 Å². The van der Waals surface area contributed by atoms with Gasteiger partial charge in [-0.1, -0.05) is 56.4 Å². The van der Waals surface area contributed by atoms with Gasteiger partial charge in [0, 0.05) is 5.56 Å². The van der Waals surface area contributed by atoms with Crippen molar-refractivity contribution in [3.8, 4) is 0 Å². The van der Waals surface area contributed by atoms with Gasteiger partial charge in [0.2, 0.25) is 0 Å². The van der Waals surface area contributed by atoms with E-state index in [0.717, 1.165) is 24.2 Å². The van der Waals surface area contributed by atoms with Crippen molar-refractivity contribution in [1.29, 1.82) is 0 Å². The normalized spacial score (nSPS) is 17.6. The van der Waals surface area contributed by atoms with E-state index in [-0.39, 0.29) is 0 Å². The molecule has 1 heteroatoms. The van der Waals surface area contributed by atoms with E-state index in [1.807, 2.05) is 18.2 Å². The molecule has 1 fully saturated rings. The Kier molecular flexibility index (Phi) is 3.54. The lowest BCUT2D eigenvalue weighted by Gasteiger charge is -2.21. The molecule has 0 atom stereocenters. The minimum atomic E-state index is 0.805. The third-order valence-corrected chi connectivity index (χ3v) is 3.42. The number of carbonyl (C=O) groups is 1.